The van der Waals surface area contributed by atoms with E-state index in [1.807, 2.05) is 0 Å². The fourth-order valence-electron chi connectivity index (χ4n) is 1.35. The van der Waals surface area contributed by atoms with Gasteiger partial charge >= 0.3 is 9.33 Å². The molecule has 0 amide bonds. The van der Waals surface area contributed by atoms with E-state index >= 15 is 0 Å². The van der Waals surface area contributed by atoms with Crippen LogP contribution in [0, 0.1) is 5.92 Å². The van der Waals surface area contributed by atoms with Crippen LogP contribution in [0.5, 0.6) is 0 Å². The molecule has 1 aliphatic rings. The first-order valence-corrected chi connectivity index (χ1v) is 5.90. The van der Waals surface area contributed by atoms with E-state index in [9.17, 15) is 8.42 Å². The zero-order valence-electron chi connectivity index (χ0n) is 6.12. The second-order valence-electron chi connectivity index (χ2n) is 2.83. The first-order valence-electron chi connectivity index (χ1n) is 3.67. The van der Waals surface area contributed by atoms with E-state index in [1.165, 1.54) is 12.8 Å². The van der Waals surface area contributed by atoms with Crippen LogP contribution in [0.25, 0.3) is 0 Å². The van der Waals surface area contributed by atoms with Gasteiger partial charge in [0.25, 0.3) is 0 Å². The minimum Gasteiger partial charge on any atom is -0.258 e. The first kappa shape index (κ1) is 9.29. The molecule has 0 aromatic rings. The van der Waals surface area contributed by atoms with E-state index in [0.29, 0.717) is 5.92 Å². The lowest BCUT2D eigenvalue weighted by atomic mass is 10.1. The van der Waals surface area contributed by atoms with Crippen molar-refractivity contribution in [3.05, 3.63) is 0 Å². The summed E-state index contributed by atoms with van der Waals surface area (Å²) in [5, 5.41) is 0. The van der Waals surface area contributed by atoms with Crippen LogP contribution in [0.1, 0.15) is 25.7 Å². The lowest BCUT2D eigenvalue weighted by Crippen LogP contribution is -2.07. The second kappa shape index (κ2) is 3.74. The molecular weight excluding hydrogens is 188 g/mol. The van der Waals surface area contributed by atoms with Gasteiger partial charge < -0.3 is 0 Å². The van der Waals surface area contributed by atoms with Gasteiger partial charge in [-0.1, -0.05) is 12.8 Å². The first-order chi connectivity index (χ1) is 5.08. The van der Waals surface area contributed by atoms with Gasteiger partial charge in [0, 0.05) is 10.7 Å². The third-order valence-corrected chi connectivity index (χ3v) is 2.60. The molecule has 1 fully saturated rings. The molecule has 0 saturated heterocycles. The van der Waals surface area contributed by atoms with Crippen LogP contribution in [0.2, 0.25) is 0 Å². The Hall–Kier alpha value is 0.200. The molecule has 0 atom stereocenters. The Bertz CT molecular complexity index is 206. The van der Waals surface area contributed by atoms with Crippen molar-refractivity contribution >= 4 is 20.0 Å². The monoisotopic (exact) mass is 198 g/mol. The van der Waals surface area contributed by atoms with E-state index in [2.05, 4.69) is 4.18 Å². The van der Waals surface area contributed by atoms with Crippen molar-refractivity contribution in [2.24, 2.45) is 5.92 Å². The molecule has 0 aliphatic heterocycles. The van der Waals surface area contributed by atoms with Crippen molar-refractivity contribution in [3.8, 4) is 0 Å². The van der Waals surface area contributed by atoms with Gasteiger partial charge in [-0.15, -0.1) is 0 Å². The van der Waals surface area contributed by atoms with E-state index in [0.717, 1.165) is 12.8 Å². The van der Waals surface area contributed by atoms with E-state index in [4.69, 9.17) is 10.7 Å². The highest BCUT2D eigenvalue weighted by molar-refractivity contribution is 8.09. The van der Waals surface area contributed by atoms with Crippen molar-refractivity contribution in [1.29, 1.82) is 0 Å². The van der Waals surface area contributed by atoms with Gasteiger partial charge in [0.1, 0.15) is 0 Å². The summed E-state index contributed by atoms with van der Waals surface area (Å²) in [7, 11) is 1.12. The standard InChI is InChI=1S/C6H11ClO3S/c7-11(8,9)10-5-6-3-1-2-4-6/h6H,1-5H2. The molecule has 66 valence electrons. The zero-order valence-corrected chi connectivity index (χ0v) is 7.70. The van der Waals surface area contributed by atoms with E-state index in [1.54, 1.807) is 0 Å². The maximum absolute atomic E-state index is 10.3. The Labute approximate surface area is 71.3 Å². The summed E-state index contributed by atoms with van der Waals surface area (Å²) >= 11 is 0. The third kappa shape index (κ3) is 3.94. The Morgan fingerprint density at radius 3 is 2.36 bits per heavy atom. The highest BCUT2D eigenvalue weighted by Gasteiger charge is 2.17. The quantitative estimate of drug-likeness (QED) is 0.648. The molecule has 11 heavy (non-hydrogen) atoms. The van der Waals surface area contributed by atoms with Crippen LogP contribution >= 0.6 is 10.7 Å². The predicted molar refractivity (Wildman–Crippen MR) is 42.7 cm³/mol. The SMILES string of the molecule is O=S(=O)(Cl)OCC1CCCC1. The summed E-state index contributed by atoms with van der Waals surface area (Å²) < 4.78 is 25.1. The van der Waals surface area contributed by atoms with Crippen LogP contribution in [0.4, 0.5) is 0 Å². The normalized spacial score (nSPS) is 20.8. The topological polar surface area (TPSA) is 43.4 Å². The van der Waals surface area contributed by atoms with Crippen LogP contribution < -0.4 is 0 Å². The molecule has 0 heterocycles. The number of rotatable bonds is 3. The molecule has 0 radical (unpaired) electrons. The number of hydrogen-bond donors (Lipinski definition) is 0. The average molecular weight is 199 g/mol. The largest absolute Gasteiger partial charge is 0.355 e. The van der Waals surface area contributed by atoms with Crippen molar-refractivity contribution in [3.63, 3.8) is 0 Å². The molecule has 0 spiro atoms. The predicted octanol–water partition coefficient (Wildman–Crippen LogP) is 1.68. The van der Waals surface area contributed by atoms with Gasteiger partial charge in [-0.05, 0) is 18.8 Å². The van der Waals surface area contributed by atoms with Crippen LogP contribution in [0.15, 0.2) is 0 Å². The lowest BCUT2D eigenvalue weighted by molar-refractivity contribution is 0.264. The van der Waals surface area contributed by atoms with Crippen LogP contribution in [-0.2, 0) is 13.5 Å². The fourth-order valence-corrected chi connectivity index (χ4v) is 1.86. The Morgan fingerprint density at radius 2 is 1.91 bits per heavy atom. The van der Waals surface area contributed by atoms with Gasteiger partial charge in [-0.2, -0.15) is 8.42 Å². The van der Waals surface area contributed by atoms with Crippen molar-refractivity contribution in [2.75, 3.05) is 6.61 Å². The van der Waals surface area contributed by atoms with Crippen molar-refractivity contribution in [1.82, 2.24) is 0 Å². The van der Waals surface area contributed by atoms with Crippen molar-refractivity contribution in [2.45, 2.75) is 25.7 Å². The van der Waals surface area contributed by atoms with Gasteiger partial charge in [-0.3, -0.25) is 4.18 Å². The minimum absolute atomic E-state index is 0.256. The summed E-state index contributed by atoms with van der Waals surface area (Å²) in [6.45, 7) is 0.256. The van der Waals surface area contributed by atoms with E-state index < -0.39 is 9.33 Å². The Balaban J connectivity index is 2.22. The molecule has 1 saturated carbocycles. The molecule has 0 aromatic heterocycles. The summed E-state index contributed by atoms with van der Waals surface area (Å²) in [4.78, 5) is 0. The second-order valence-corrected chi connectivity index (χ2v) is 4.98. The minimum atomic E-state index is -3.74. The summed E-state index contributed by atoms with van der Waals surface area (Å²) in [6.07, 6.45) is 4.48. The average Bonchev–Trinajstić information content (AvgIpc) is 2.32. The van der Waals surface area contributed by atoms with Crippen LogP contribution in [-0.4, -0.2) is 15.0 Å². The Morgan fingerprint density at radius 1 is 1.36 bits per heavy atom. The van der Waals surface area contributed by atoms with Gasteiger partial charge in [0.2, 0.25) is 0 Å². The molecule has 1 aliphatic carbocycles. The van der Waals surface area contributed by atoms with Crippen molar-refractivity contribution < 1.29 is 12.6 Å². The molecule has 0 unspecified atom stereocenters. The maximum Gasteiger partial charge on any atom is 0.355 e. The zero-order chi connectivity index (χ0) is 8.32. The maximum atomic E-state index is 10.3. The summed E-state index contributed by atoms with van der Waals surface area (Å²) in [5.74, 6) is 0.392. The smallest absolute Gasteiger partial charge is 0.258 e. The van der Waals surface area contributed by atoms with E-state index in [-0.39, 0.29) is 6.61 Å². The molecule has 0 bridgehead atoms. The molecule has 0 N–H and O–H groups in total. The molecular formula is C6H11ClO3S. The summed E-state index contributed by atoms with van der Waals surface area (Å²) in [5.41, 5.74) is 0. The van der Waals surface area contributed by atoms with Gasteiger partial charge in [0.05, 0.1) is 6.61 Å². The highest BCUT2D eigenvalue weighted by Crippen LogP contribution is 2.25. The number of halogens is 1. The highest BCUT2D eigenvalue weighted by atomic mass is 35.7. The lowest BCUT2D eigenvalue weighted by Gasteiger charge is -2.05. The van der Waals surface area contributed by atoms with Gasteiger partial charge in [-0.25, -0.2) is 0 Å². The molecule has 0 aromatic carbocycles. The fraction of sp³-hybridized carbons (Fsp3) is 1.00. The molecule has 5 heteroatoms. The molecule has 1 rings (SSSR count). The van der Waals surface area contributed by atoms with Gasteiger partial charge in [0.15, 0.2) is 0 Å². The summed E-state index contributed by atoms with van der Waals surface area (Å²) in [6, 6.07) is 0. The van der Waals surface area contributed by atoms with Crippen LogP contribution in [0.3, 0.4) is 0 Å². The number of hydrogen-bond acceptors (Lipinski definition) is 3. The molecule has 3 nitrogen and oxygen atoms in total. The Kier molecular flexibility index (Phi) is 3.16. The third-order valence-electron chi connectivity index (χ3n) is 1.92.